The predicted molar refractivity (Wildman–Crippen MR) is 70.9 cm³/mol. The molecule has 2 rings (SSSR count). The van der Waals surface area contributed by atoms with E-state index >= 15 is 0 Å². The molecule has 0 atom stereocenters. The average Bonchev–Trinajstić information content (AvgIpc) is 2.31. The molecule has 0 aliphatic rings. The van der Waals surface area contributed by atoms with Gasteiger partial charge in [-0.3, -0.25) is 4.72 Å². The van der Waals surface area contributed by atoms with E-state index in [0.717, 1.165) is 6.07 Å². The van der Waals surface area contributed by atoms with Crippen LogP contribution in [-0.2, 0) is 10.0 Å². The van der Waals surface area contributed by atoms with Gasteiger partial charge in [-0.05, 0) is 24.3 Å². The lowest BCUT2D eigenvalue weighted by atomic mass is 10.3. The maximum atomic E-state index is 13.6. The largest absolute Gasteiger partial charge is 0.398 e. The van der Waals surface area contributed by atoms with Gasteiger partial charge in [-0.1, -0.05) is 17.7 Å². The van der Waals surface area contributed by atoms with Gasteiger partial charge in [0.2, 0.25) is 0 Å². The van der Waals surface area contributed by atoms with Gasteiger partial charge in [-0.25, -0.2) is 17.8 Å². The zero-order valence-electron chi connectivity index (χ0n) is 9.47. The van der Waals surface area contributed by atoms with Crippen molar-refractivity contribution in [3.8, 4) is 0 Å². The number of pyridine rings is 1. The van der Waals surface area contributed by atoms with Crippen LogP contribution >= 0.6 is 11.6 Å². The zero-order valence-corrected chi connectivity index (χ0v) is 11.0. The molecule has 0 unspecified atom stereocenters. The molecule has 19 heavy (non-hydrogen) atoms. The topological polar surface area (TPSA) is 85.1 Å². The van der Waals surface area contributed by atoms with Crippen LogP contribution in [-0.4, -0.2) is 13.4 Å². The highest BCUT2D eigenvalue weighted by Gasteiger charge is 2.23. The smallest absolute Gasteiger partial charge is 0.266 e. The summed E-state index contributed by atoms with van der Waals surface area (Å²) in [5.74, 6) is -0.937. The number of sulfonamides is 1. The van der Waals surface area contributed by atoms with Gasteiger partial charge in [-0.2, -0.15) is 0 Å². The van der Waals surface area contributed by atoms with Gasteiger partial charge >= 0.3 is 0 Å². The van der Waals surface area contributed by atoms with Crippen LogP contribution in [0.2, 0.25) is 5.15 Å². The van der Waals surface area contributed by atoms with Gasteiger partial charge in [0.05, 0.1) is 11.4 Å². The number of nitrogens with one attached hydrogen (secondary N) is 1. The number of nitrogen functional groups attached to an aromatic ring is 1. The van der Waals surface area contributed by atoms with E-state index in [1.54, 1.807) is 0 Å². The third-order valence-corrected chi connectivity index (χ3v) is 4.03. The Kier molecular flexibility index (Phi) is 3.59. The molecule has 0 saturated carbocycles. The molecule has 1 aromatic carbocycles. The highest BCUT2D eigenvalue weighted by atomic mass is 35.5. The molecule has 2 aromatic rings. The van der Waals surface area contributed by atoms with Crippen LogP contribution in [0.5, 0.6) is 0 Å². The van der Waals surface area contributed by atoms with Gasteiger partial charge in [0, 0.05) is 6.20 Å². The minimum absolute atomic E-state index is 0.0408. The van der Waals surface area contributed by atoms with E-state index in [0.29, 0.717) is 0 Å². The maximum Gasteiger partial charge on any atom is 0.266 e. The van der Waals surface area contributed by atoms with Crippen LogP contribution in [0.1, 0.15) is 0 Å². The highest BCUT2D eigenvalue weighted by molar-refractivity contribution is 7.93. The summed E-state index contributed by atoms with van der Waals surface area (Å²) in [5.41, 5.74) is 5.35. The van der Waals surface area contributed by atoms with Crippen molar-refractivity contribution in [1.29, 1.82) is 0 Å². The second-order valence-electron chi connectivity index (χ2n) is 3.61. The predicted octanol–water partition coefficient (Wildman–Crippen LogP) is 2.26. The van der Waals surface area contributed by atoms with Crippen molar-refractivity contribution >= 4 is 33.0 Å². The van der Waals surface area contributed by atoms with Crippen molar-refractivity contribution in [2.24, 2.45) is 0 Å². The summed E-state index contributed by atoms with van der Waals surface area (Å²) in [6.45, 7) is 0. The highest BCUT2D eigenvalue weighted by Crippen LogP contribution is 2.26. The summed E-state index contributed by atoms with van der Waals surface area (Å²) in [6, 6.07) is 6.53. The van der Waals surface area contributed by atoms with Gasteiger partial charge in [-0.15, -0.1) is 0 Å². The van der Waals surface area contributed by atoms with E-state index < -0.39 is 20.7 Å². The number of halogens is 2. The Balaban J connectivity index is 2.47. The molecule has 0 aliphatic heterocycles. The monoisotopic (exact) mass is 301 g/mol. The molecular weight excluding hydrogens is 293 g/mol. The number of anilines is 2. The van der Waals surface area contributed by atoms with E-state index in [2.05, 4.69) is 9.71 Å². The molecule has 1 heterocycles. The number of nitrogens with two attached hydrogens (primary N) is 1. The van der Waals surface area contributed by atoms with E-state index in [4.69, 9.17) is 17.3 Å². The summed E-state index contributed by atoms with van der Waals surface area (Å²) < 4.78 is 39.9. The standard InChI is InChI=1S/C11H9ClFN3O2S/c12-11-9(5-2-6-15-11)16-19(17,18)10-7(13)3-1-4-8(10)14/h1-6,16H,14H2. The molecule has 5 nitrogen and oxygen atoms in total. The minimum Gasteiger partial charge on any atom is -0.398 e. The molecule has 0 fully saturated rings. The lowest BCUT2D eigenvalue weighted by molar-refractivity contribution is 0.572. The number of aromatic nitrogens is 1. The second kappa shape index (κ2) is 5.02. The Labute approximate surface area is 114 Å². The first-order valence-corrected chi connectivity index (χ1v) is 6.95. The lowest BCUT2D eigenvalue weighted by Crippen LogP contribution is -2.17. The molecule has 0 saturated heterocycles. The van der Waals surface area contributed by atoms with E-state index in [1.165, 1.54) is 30.5 Å². The van der Waals surface area contributed by atoms with Crippen molar-refractivity contribution in [3.63, 3.8) is 0 Å². The molecule has 0 amide bonds. The maximum absolute atomic E-state index is 13.6. The third kappa shape index (κ3) is 2.77. The molecule has 0 radical (unpaired) electrons. The van der Waals surface area contributed by atoms with Crippen LogP contribution in [0.25, 0.3) is 0 Å². The lowest BCUT2D eigenvalue weighted by Gasteiger charge is -2.11. The molecular formula is C11H9ClFN3O2S. The van der Waals surface area contributed by atoms with Crippen molar-refractivity contribution < 1.29 is 12.8 Å². The molecule has 1 aromatic heterocycles. The van der Waals surface area contributed by atoms with E-state index in [1.807, 2.05) is 0 Å². The van der Waals surface area contributed by atoms with E-state index in [9.17, 15) is 12.8 Å². The quantitative estimate of drug-likeness (QED) is 0.672. The first-order valence-electron chi connectivity index (χ1n) is 5.09. The minimum atomic E-state index is -4.17. The zero-order chi connectivity index (χ0) is 14.0. The van der Waals surface area contributed by atoms with Gasteiger partial charge in [0.15, 0.2) is 5.15 Å². The molecule has 0 bridgehead atoms. The normalized spacial score (nSPS) is 11.3. The number of rotatable bonds is 3. The Bertz CT molecular complexity index is 701. The van der Waals surface area contributed by atoms with Gasteiger partial charge in [0.25, 0.3) is 10.0 Å². The summed E-state index contributed by atoms with van der Waals surface area (Å²) in [6.07, 6.45) is 1.40. The Hall–Kier alpha value is -1.86. The molecule has 3 N–H and O–H groups in total. The van der Waals surface area contributed by atoms with Crippen molar-refractivity contribution in [1.82, 2.24) is 4.98 Å². The molecule has 0 spiro atoms. The average molecular weight is 302 g/mol. The summed E-state index contributed by atoms with van der Waals surface area (Å²) in [7, 11) is -4.17. The SMILES string of the molecule is Nc1cccc(F)c1S(=O)(=O)Nc1cccnc1Cl. The van der Waals surface area contributed by atoms with Crippen molar-refractivity contribution in [2.75, 3.05) is 10.5 Å². The summed E-state index contributed by atoms with van der Waals surface area (Å²) >= 11 is 5.73. The summed E-state index contributed by atoms with van der Waals surface area (Å²) in [4.78, 5) is 3.10. The first kappa shape index (κ1) is 13.6. The molecule has 8 heteroatoms. The fourth-order valence-electron chi connectivity index (χ4n) is 1.47. The van der Waals surface area contributed by atoms with Crippen LogP contribution in [0.4, 0.5) is 15.8 Å². The molecule has 0 aliphatic carbocycles. The van der Waals surface area contributed by atoms with Gasteiger partial charge < -0.3 is 5.73 Å². The second-order valence-corrected chi connectivity index (χ2v) is 5.58. The fraction of sp³-hybridized carbons (Fsp3) is 0. The Morgan fingerprint density at radius 3 is 2.63 bits per heavy atom. The van der Waals surface area contributed by atoms with Crippen LogP contribution in [0.3, 0.4) is 0 Å². The summed E-state index contributed by atoms with van der Waals surface area (Å²) in [5, 5.41) is -0.0408. The van der Waals surface area contributed by atoms with E-state index in [-0.39, 0.29) is 16.5 Å². The fourth-order valence-corrected chi connectivity index (χ4v) is 2.95. The number of benzene rings is 1. The van der Waals surface area contributed by atoms with Gasteiger partial charge in [0.1, 0.15) is 10.7 Å². The third-order valence-electron chi connectivity index (χ3n) is 2.27. The van der Waals surface area contributed by atoms with Crippen LogP contribution < -0.4 is 10.5 Å². The van der Waals surface area contributed by atoms with Crippen molar-refractivity contribution in [2.45, 2.75) is 4.90 Å². The van der Waals surface area contributed by atoms with Crippen molar-refractivity contribution in [3.05, 3.63) is 47.5 Å². The Morgan fingerprint density at radius 1 is 1.26 bits per heavy atom. The van der Waals surface area contributed by atoms with Crippen LogP contribution in [0.15, 0.2) is 41.4 Å². The Morgan fingerprint density at radius 2 is 2.00 bits per heavy atom. The van der Waals surface area contributed by atoms with Crippen LogP contribution in [0, 0.1) is 5.82 Å². The number of hydrogen-bond acceptors (Lipinski definition) is 4. The molecule has 100 valence electrons. The number of hydrogen-bond donors (Lipinski definition) is 2. The first-order chi connectivity index (χ1) is 8.92. The number of nitrogens with zero attached hydrogens (tertiary/aromatic N) is 1.